The van der Waals surface area contributed by atoms with Crippen molar-refractivity contribution >= 4 is 11.6 Å². The van der Waals surface area contributed by atoms with E-state index in [1.54, 1.807) is 19.3 Å². The standard InChI is InChI=1S/C13H22N4O/c1-14-13(18)12-10-11(6-8-16-12)15-7-4-5-9-17(2)3/h6,8,10H,4-5,7,9H2,1-3H3,(H,14,18)(H,15,16). The van der Waals surface area contributed by atoms with Crippen molar-refractivity contribution in [2.75, 3.05) is 39.5 Å². The van der Waals surface area contributed by atoms with E-state index < -0.39 is 0 Å². The van der Waals surface area contributed by atoms with Crippen LogP contribution in [0.25, 0.3) is 0 Å². The van der Waals surface area contributed by atoms with E-state index in [1.807, 2.05) is 6.07 Å². The lowest BCUT2D eigenvalue weighted by molar-refractivity contribution is 0.0958. The number of rotatable bonds is 7. The topological polar surface area (TPSA) is 57.3 Å². The van der Waals surface area contributed by atoms with Crippen molar-refractivity contribution in [1.82, 2.24) is 15.2 Å². The van der Waals surface area contributed by atoms with Crippen LogP contribution in [0.5, 0.6) is 0 Å². The fraction of sp³-hybridized carbons (Fsp3) is 0.538. The number of nitrogens with zero attached hydrogens (tertiary/aromatic N) is 2. The summed E-state index contributed by atoms with van der Waals surface area (Å²) in [6, 6.07) is 3.64. The summed E-state index contributed by atoms with van der Waals surface area (Å²) in [5.41, 5.74) is 1.38. The highest BCUT2D eigenvalue weighted by Crippen LogP contribution is 2.08. The molecule has 5 heteroatoms. The van der Waals surface area contributed by atoms with Crippen LogP contribution in [0.4, 0.5) is 5.69 Å². The molecule has 0 aliphatic carbocycles. The Labute approximate surface area is 109 Å². The molecule has 1 rings (SSSR count). The molecule has 0 spiro atoms. The minimum atomic E-state index is -0.161. The summed E-state index contributed by atoms with van der Waals surface area (Å²) >= 11 is 0. The van der Waals surface area contributed by atoms with Crippen molar-refractivity contribution in [3.05, 3.63) is 24.0 Å². The van der Waals surface area contributed by atoms with Crippen LogP contribution in [-0.2, 0) is 0 Å². The van der Waals surface area contributed by atoms with Crippen molar-refractivity contribution in [3.63, 3.8) is 0 Å². The Morgan fingerprint density at radius 3 is 2.83 bits per heavy atom. The van der Waals surface area contributed by atoms with Gasteiger partial charge in [-0.05, 0) is 45.6 Å². The molecule has 0 bridgehead atoms. The molecule has 0 aromatic carbocycles. The van der Waals surface area contributed by atoms with Gasteiger partial charge in [0.15, 0.2) is 0 Å². The number of hydrogen-bond acceptors (Lipinski definition) is 4. The van der Waals surface area contributed by atoms with Crippen LogP contribution in [0.2, 0.25) is 0 Å². The highest BCUT2D eigenvalue weighted by atomic mass is 16.1. The van der Waals surface area contributed by atoms with Gasteiger partial charge in [0, 0.05) is 25.5 Å². The third kappa shape index (κ3) is 5.14. The first kappa shape index (κ1) is 14.4. The van der Waals surface area contributed by atoms with E-state index in [-0.39, 0.29) is 5.91 Å². The average Bonchev–Trinajstić information content (AvgIpc) is 2.37. The smallest absolute Gasteiger partial charge is 0.269 e. The van der Waals surface area contributed by atoms with E-state index in [1.165, 1.54) is 0 Å². The van der Waals surface area contributed by atoms with Crippen molar-refractivity contribution in [1.29, 1.82) is 0 Å². The molecule has 1 aromatic heterocycles. The number of hydrogen-bond donors (Lipinski definition) is 2. The number of nitrogens with one attached hydrogen (secondary N) is 2. The molecule has 5 nitrogen and oxygen atoms in total. The summed E-state index contributed by atoms with van der Waals surface area (Å²) in [5, 5.41) is 5.86. The monoisotopic (exact) mass is 250 g/mol. The molecule has 1 aromatic rings. The molecule has 0 saturated heterocycles. The maximum Gasteiger partial charge on any atom is 0.269 e. The van der Waals surface area contributed by atoms with Gasteiger partial charge in [0.05, 0.1) is 0 Å². The number of anilines is 1. The largest absolute Gasteiger partial charge is 0.385 e. The predicted molar refractivity (Wildman–Crippen MR) is 73.9 cm³/mol. The Bertz CT molecular complexity index is 379. The van der Waals surface area contributed by atoms with Crippen LogP contribution >= 0.6 is 0 Å². The lowest BCUT2D eigenvalue weighted by atomic mass is 10.2. The minimum absolute atomic E-state index is 0.161. The summed E-state index contributed by atoms with van der Waals surface area (Å²) in [6.45, 7) is 2.01. The second-order valence-corrected chi connectivity index (χ2v) is 4.45. The SMILES string of the molecule is CNC(=O)c1cc(NCCCCN(C)C)ccn1. The second kappa shape index (κ2) is 7.66. The highest BCUT2D eigenvalue weighted by molar-refractivity contribution is 5.92. The van der Waals surface area contributed by atoms with Gasteiger partial charge in [-0.25, -0.2) is 0 Å². The fourth-order valence-electron chi connectivity index (χ4n) is 1.58. The van der Waals surface area contributed by atoms with Gasteiger partial charge in [-0.3, -0.25) is 9.78 Å². The Morgan fingerprint density at radius 1 is 1.39 bits per heavy atom. The van der Waals surface area contributed by atoms with Gasteiger partial charge in [0.1, 0.15) is 5.69 Å². The van der Waals surface area contributed by atoms with Crippen molar-refractivity contribution in [2.45, 2.75) is 12.8 Å². The van der Waals surface area contributed by atoms with E-state index in [9.17, 15) is 4.79 Å². The van der Waals surface area contributed by atoms with Crippen LogP contribution in [0, 0.1) is 0 Å². The molecule has 0 unspecified atom stereocenters. The average molecular weight is 250 g/mol. The molecule has 0 aliphatic heterocycles. The van der Waals surface area contributed by atoms with Crippen LogP contribution in [0.15, 0.2) is 18.3 Å². The summed E-state index contributed by atoms with van der Waals surface area (Å²) in [7, 11) is 5.75. The zero-order valence-corrected chi connectivity index (χ0v) is 11.4. The number of unbranched alkanes of at least 4 members (excludes halogenated alkanes) is 1. The lowest BCUT2D eigenvalue weighted by Crippen LogP contribution is -2.19. The van der Waals surface area contributed by atoms with Gasteiger partial charge >= 0.3 is 0 Å². The van der Waals surface area contributed by atoms with Gasteiger partial charge in [0.2, 0.25) is 0 Å². The molecule has 0 atom stereocenters. The molecule has 18 heavy (non-hydrogen) atoms. The van der Waals surface area contributed by atoms with Gasteiger partial charge in [-0.1, -0.05) is 0 Å². The highest BCUT2D eigenvalue weighted by Gasteiger charge is 2.04. The zero-order chi connectivity index (χ0) is 13.4. The Morgan fingerprint density at radius 2 is 2.17 bits per heavy atom. The van der Waals surface area contributed by atoms with Crippen LogP contribution in [-0.4, -0.2) is 50.0 Å². The third-order valence-electron chi connectivity index (χ3n) is 2.58. The molecule has 0 fully saturated rings. The van der Waals surface area contributed by atoms with E-state index in [0.717, 1.165) is 31.6 Å². The number of carbonyl (C=O) groups excluding carboxylic acids is 1. The van der Waals surface area contributed by atoms with Crippen molar-refractivity contribution in [3.8, 4) is 0 Å². The maximum absolute atomic E-state index is 11.4. The van der Waals surface area contributed by atoms with Crippen molar-refractivity contribution < 1.29 is 4.79 Å². The second-order valence-electron chi connectivity index (χ2n) is 4.45. The van der Waals surface area contributed by atoms with Gasteiger partial charge in [-0.2, -0.15) is 0 Å². The number of amides is 1. The molecule has 1 heterocycles. The van der Waals surface area contributed by atoms with Gasteiger partial charge in [-0.15, -0.1) is 0 Å². The van der Waals surface area contributed by atoms with Crippen LogP contribution in [0.1, 0.15) is 23.3 Å². The molecule has 0 aliphatic rings. The number of carbonyl (C=O) groups is 1. The molecule has 0 saturated carbocycles. The number of aromatic nitrogens is 1. The van der Waals surface area contributed by atoms with E-state index in [4.69, 9.17) is 0 Å². The summed E-state index contributed by atoms with van der Waals surface area (Å²) in [5.74, 6) is -0.161. The van der Waals surface area contributed by atoms with Gasteiger partial charge in [0.25, 0.3) is 5.91 Å². The van der Waals surface area contributed by atoms with E-state index >= 15 is 0 Å². The van der Waals surface area contributed by atoms with Crippen LogP contribution in [0.3, 0.4) is 0 Å². The summed E-state index contributed by atoms with van der Waals surface area (Å²) < 4.78 is 0. The third-order valence-corrected chi connectivity index (χ3v) is 2.58. The summed E-state index contributed by atoms with van der Waals surface area (Å²) in [4.78, 5) is 17.6. The maximum atomic E-state index is 11.4. The Kier molecular flexibility index (Phi) is 6.14. The van der Waals surface area contributed by atoms with E-state index in [2.05, 4.69) is 34.6 Å². The van der Waals surface area contributed by atoms with E-state index in [0.29, 0.717) is 5.69 Å². The Hall–Kier alpha value is -1.62. The normalized spacial score (nSPS) is 10.4. The molecular formula is C13H22N4O. The molecule has 1 amide bonds. The fourth-order valence-corrected chi connectivity index (χ4v) is 1.58. The quantitative estimate of drug-likeness (QED) is 0.714. The molecular weight excluding hydrogens is 228 g/mol. The number of pyridine rings is 1. The Balaban J connectivity index is 2.36. The summed E-state index contributed by atoms with van der Waals surface area (Å²) in [6.07, 6.45) is 3.91. The molecule has 100 valence electrons. The first-order valence-corrected chi connectivity index (χ1v) is 6.20. The zero-order valence-electron chi connectivity index (χ0n) is 11.4. The molecule has 0 radical (unpaired) electrons. The first-order valence-electron chi connectivity index (χ1n) is 6.20. The lowest BCUT2D eigenvalue weighted by Gasteiger charge is -2.10. The van der Waals surface area contributed by atoms with Gasteiger partial charge < -0.3 is 15.5 Å². The van der Waals surface area contributed by atoms with Crippen molar-refractivity contribution in [2.24, 2.45) is 0 Å². The van der Waals surface area contributed by atoms with Crippen LogP contribution < -0.4 is 10.6 Å². The predicted octanol–water partition coefficient (Wildman–Crippen LogP) is 1.19. The first-order chi connectivity index (χ1) is 8.63. The molecule has 2 N–H and O–H groups in total. The minimum Gasteiger partial charge on any atom is -0.385 e.